The average molecular weight is 366 g/mol. The van der Waals surface area contributed by atoms with Gasteiger partial charge < -0.3 is 18.7 Å². The maximum atomic E-state index is 13.1. The third kappa shape index (κ3) is 4.12. The summed E-state index contributed by atoms with van der Waals surface area (Å²) in [5.41, 5.74) is 0. The van der Waals surface area contributed by atoms with E-state index < -0.39 is 25.9 Å². The normalized spacial score (nSPS) is 34.2. The predicted octanol–water partition coefficient (Wildman–Crippen LogP) is 3.83. The predicted molar refractivity (Wildman–Crippen MR) is 88.4 cm³/mol. The fourth-order valence-corrected chi connectivity index (χ4v) is 6.66. The van der Waals surface area contributed by atoms with Crippen LogP contribution in [0.5, 0.6) is 0 Å². The average Bonchev–Trinajstić information content (AvgIpc) is 2.67. The van der Waals surface area contributed by atoms with Crippen LogP contribution in [-0.4, -0.2) is 35.6 Å². The molecular weight excluding hydrogens is 342 g/mol. The van der Waals surface area contributed by atoms with E-state index in [2.05, 4.69) is 19.7 Å². The Kier molecular flexibility index (Phi) is 6.76. The molecule has 0 radical (unpaired) electrons. The monoisotopic (exact) mass is 366 g/mol. The summed E-state index contributed by atoms with van der Waals surface area (Å²) in [6.07, 6.45) is 3.92. The maximum Gasteiger partial charge on any atom is 0.363 e. The minimum atomic E-state index is -3.97. The van der Waals surface area contributed by atoms with Crippen LogP contribution < -0.4 is 0 Å². The second-order valence-electron chi connectivity index (χ2n) is 5.41. The largest absolute Gasteiger partial charge is 0.377 e. The Morgan fingerprint density at radius 1 is 1.17 bits per heavy atom. The van der Waals surface area contributed by atoms with Gasteiger partial charge in [0.1, 0.15) is 0 Å². The van der Waals surface area contributed by atoms with Crippen LogP contribution in [0.15, 0.2) is 38.0 Å². The zero-order chi connectivity index (χ0) is 17.8. The highest BCUT2D eigenvalue weighted by atomic mass is 31.2. The summed E-state index contributed by atoms with van der Waals surface area (Å²) in [4.78, 5) is 0. The number of rotatable bonds is 10. The van der Waals surface area contributed by atoms with E-state index in [1.54, 1.807) is 0 Å². The molecule has 23 heavy (non-hydrogen) atoms. The van der Waals surface area contributed by atoms with Gasteiger partial charge in [-0.1, -0.05) is 18.2 Å². The van der Waals surface area contributed by atoms with Crippen molar-refractivity contribution in [1.29, 1.82) is 0 Å². The molecule has 1 rings (SSSR count). The van der Waals surface area contributed by atoms with Crippen molar-refractivity contribution in [1.82, 2.24) is 0 Å². The van der Waals surface area contributed by atoms with Gasteiger partial charge in [-0.2, -0.15) is 0 Å². The fourth-order valence-electron chi connectivity index (χ4n) is 2.18. The van der Waals surface area contributed by atoms with Gasteiger partial charge in [-0.05, 0) is 13.8 Å². The third-order valence-corrected chi connectivity index (χ3v) is 8.24. The molecule has 132 valence electrons. The molecule has 1 N–H and O–H groups in total. The molecule has 0 aromatic heterocycles. The second kappa shape index (κ2) is 7.58. The van der Waals surface area contributed by atoms with Crippen LogP contribution >= 0.6 is 15.2 Å². The highest BCUT2D eigenvalue weighted by molar-refractivity contribution is 7.59. The lowest BCUT2D eigenvalue weighted by Gasteiger charge is -2.31. The Labute approximate surface area is 137 Å². The van der Waals surface area contributed by atoms with Crippen LogP contribution in [0.1, 0.15) is 20.3 Å². The van der Waals surface area contributed by atoms with E-state index in [0.717, 1.165) is 0 Å². The molecule has 0 saturated carbocycles. The fraction of sp³-hybridized carbons (Fsp3) is 0.571. The summed E-state index contributed by atoms with van der Waals surface area (Å²) in [7, 11) is -7.88. The summed E-state index contributed by atoms with van der Waals surface area (Å²) in [5, 5.41) is 6.99. The molecule has 1 fully saturated rings. The quantitative estimate of drug-likeness (QED) is 0.464. The zero-order valence-corrected chi connectivity index (χ0v) is 15.3. The Morgan fingerprint density at radius 3 is 2.09 bits per heavy atom. The van der Waals surface area contributed by atoms with Gasteiger partial charge in [0.2, 0.25) is 0 Å². The molecule has 1 heterocycles. The first-order valence-electron chi connectivity index (χ1n) is 6.99. The van der Waals surface area contributed by atoms with Crippen LogP contribution in [0.25, 0.3) is 0 Å². The van der Waals surface area contributed by atoms with E-state index in [4.69, 9.17) is 18.1 Å². The van der Waals surface area contributed by atoms with Crippen molar-refractivity contribution in [3.8, 4) is 0 Å². The second-order valence-corrected chi connectivity index (χ2v) is 10.3. The number of hydrogen-bond donors (Lipinski definition) is 1. The minimum absolute atomic E-state index is 0.0622. The minimum Gasteiger partial charge on any atom is -0.377 e. The SMILES string of the molecule is C=CCOP1(=O)OC(C)(P(=O)(OCC=C)OCC=C)CC1(C)O. The first-order chi connectivity index (χ1) is 10.6. The molecule has 1 aliphatic heterocycles. The van der Waals surface area contributed by atoms with Gasteiger partial charge in [-0.15, -0.1) is 19.7 Å². The summed E-state index contributed by atoms with van der Waals surface area (Å²) in [5.74, 6) is 0. The third-order valence-electron chi connectivity index (χ3n) is 3.24. The summed E-state index contributed by atoms with van der Waals surface area (Å²) >= 11 is 0. The topological polar surface area (TPSA) is 91.3 Å². The van der Waals surface area contributed by atoms with Crippen LogP contribution in [-0.2, 0) is 27.2 Å². The first-order valence-corrected chi connectivity index (χ1v) is 10.1. The van der Waals surface area contributed by atoms with Crippen molar-refractivity contribution in [3.05, 3.63) is 38.0 Å². The maximum absolute atomic E-state index is 13.1. The first kappa shape index (κ1) is 20.5. The van der Waals surface area contributed by atoms with E-state index in [0.29, 0.717) is 0 Å². The molecule has 3 unspecified atom stereocenters. The van der Waals surface area contributed by atoms with Gasteiger partial charge in [0.05, 0.1) is 19.8 Å². The number of aliphatic hydroxyl groups is 1. The molecule has 3 atom stereocenters. The van der Waals surface area contributed by atoms with Gasteiger partial charge in [0.25, 0.3) is 0 Å². The van der Waals surface area contributed by atoms with Gasteiger partial charge in [-0.3, -0.25) is 13.7 Å². The van der Waals surface area contributed by atoms with E-state index in [1.807, 2.05) is 0 Å². The Morgan fingerprint density at radius 2 is 1.65 bits per heavy atom. The van der Waals surface area contributed by atoms with Gasteiger partial charge in [-0.25, -0.2) is 0 Å². The summed E-state index contributed by atoms with van der Waals surface area (Å²) in [6, 6.07) is 0. The lowest BCUT2D eigenvalue weighted by Crippen LogP contribution is -2.29. The molecule has 9 heteroatoms. The molecule has 1 aliphatic rings. The molecule has 0 spiro atoms. The summed E-state index contributed by atoms with van der Waals surface area (Å²) < 4.78 is 47.2. The molecular formula is C14H24O7P2. The standard InChI is InChI=1S/C14H24O7P2/c1-6-9-18-22(16)13(4,15)12-14(5,21-22)23(17,19-10-7-2)20-11-8-3/h6-8,15H,1-3,9-12H2,4-5H3. The van der Waals surface area contributed by atoms with Crippen molar-refractivity contribution >= 4 is 15.2 Å². The van der Waals surface area contributed by atoms with Gasteiger partial charge in [0.15, 0.2) is 10.7 Å². The summed E-state index contributed by atoms with van der Waals surface area (Å²) in [6.45, 7) is 12.9. The van der Waals surface area contributed by atoms with Crippen LogP contribution in [0.2, 0.25) is 0 Å². The molecule has 1 saturated heterocycles. The van der Waals surface area contributed by atoms with Crippen molar-refractivity contribution in [2.24, 2.45) is 0 Å². The van der Waals surface area contributed by atoms with E-state index in [1.165, 1.54) is 32.1 Å². The van der Waals surface area contributed by atoms with Crippen molar-refractivity contribution < 1.29 is 32.3 Å². The highest BCUT2D eigenvalue weighted by Gasteiger charge is 2.67. The van der Waals surface area contributed by atoms with E-state index in [9.17, 15) is 14.2 Å². The Bertz CT molecular complexity index is 541. The lowest BCUT2D eigenvalue weighted by atomic mass is 10.2. The highest BCUT2D eigenvalue weighted by Crippen LogP contribution is 2.78. The Hall–Kier alpha value is -0.520. The van der Waals surface area contributed by atoms with Crippen LogP contribution in [0.4, 0.5) is 0 Å². The van der Waals surface area contributed by atoms with Crippen molar-refractivity contribution in [3.63, 3.8) is 0 Å². The van der Waals surface area contributed by atoms with Gasteiger partial charge >= 0.3 is 15.2 Å². The molecule has 0 amide bonds. The van der Waals surface area contributed by atoms with E-state index >= 15 is 0 Å². The van der Waals surface area contributed by atoms with Crippen LogP contribution in [0.3, 0.4) is 0 Å². The molecule has 7 nitrogen and oxygen atoms in total. The molecule has 0 bridgehead atoms. The van der Waals surface area contributed by atoms with Crippen molar-refractivity contribution in [2.45, 2.75) is 31.0 Å². The van der Waals surface area contributed by atoms with Crippen molar-refractivity contribution in [2.75, 3.05) is 19.8 Å². The molecule has 0 aromatic rings. The zero-order valence-electron chi connectivity index (χ0n) is 13.5. The smallest absolute Gasteiger partial charge is 0.363 e. The van der Waals surface area contributed by atoms with Gasteiger partial charge in [0, 0.05) is 6.42 Å². The Balaban J connectivity index is 3.18. The lowest BCUT2D eigenvalue weighted by molar-refractivity contribution is 0.0935. The molecule has 0 aromatic carbocycles. The van der Waals surface area contributed by atoms with E-state index in [-0.39, 0.29) is 26.2 Å². The number of hydrogen-bond acceptors (Lipinski definition) is 7. The van der Waals surface area contributed by atoms with Crippen LogP contribution in [0, 0.1) is 0 Å². The molecule has 0 aliphatic carbocycles.